The van der Waals surface area contributed by atoms with Crippen LogP contribution in [0.25, 0.3) is 21.5 Å². The van der Waals surface area contributed by atoms with Gasteiger partial charge in [0.1, 0.15) is 23.6 Å². The molecule has 4 aromatic rings. The van der Waals surface area contributed by atoms with Crippen LogP contribution in [0.1, 0.15) is 19.4 Å². The predicted molar refractivity (Wildman–Crippen MR) is 148 cm³/mol. The highest BCUT2D eigenvalue weighted by molar-refractivity contribution is 6.11. The maximum Gasteiger partial charge on any atom is 0.287 e. The Labute approximate surface area is 224 Å². The summed E-state index contributed by atoms with van der Waals surface area (Å²) in [7, 11) is 0. The lowest BCUT2D eigenvalue weighted by molar-refractivity contribution is -0.131. The lowest BCUT2D eigenvalue weighted by Gasteiger charge is -2.20. The van der Waals surface area contributed by atoms with Gasteiger partial charge in [-0.05, 0) is 37.6 Å². The van der Waals surface area contributed by atoms with Crippen molar-refractivity contribution < 1.29 is 24.6 Å². The number of carbonyl (C=O) groups excluding carboxylic acids is 3. The number of aromatic hydroxyl groups is 2. The van der Waals surface area contributed by atoms with Crippen LogP contribution in [0.5, 0.6) is 11.5 Å². The molecule has 0 fully saturated rings. The maximum absolute atomic E-state index is 13.1. The van der Waals surface area contributed by atoms with Gasteiger partial charge in [0.2, 0.25) is 11.8 Å². The zero-order chi connectivity index (χ0) is 28.1. The minimum atomic E-state index is -1.06. The first kappa shape index (κ1) is 27.2. The third-order valence-corrected chi connectivity index (χ3v) is 6.28. The van der Waals surface area contributed by atoms with Crippen LogP contribution < -0.4 is 16.4 Å². The van der Waals surface area contributed by atoms with Gasteiger partial charge >= 0.3 is 0 Å². The van der Waals surface area contributed by atoms with Crippen LogP contribution in [0.15, 0.2) is 83.0 Å². The Morgan fingerprint density at radius 2 is 1.38 bits per heavy atom. The molecule has 0 aliphatic carbocycles. The van der Waals surface area contributed by atoms with Crippen molar-refractivity contribution in [2.45, 2.75) is 38.4 Å². The van der Waals surface area contributed by atoms with Gasteiger partial charge in [-0.1, -0.05) is 54.6 Å². The first-order valence-corrected chi connectivity index (χ1v) is 12.4. The highest BCUT2D eigenvalue weighted by atomic mass is 16.3. The molecule has 1 unspecified atom stereocenters. The number of benzene rings is 4. The van der Waals surface area contributed by atoms with Crippen molar-refractivity contribution >= 4 is 45.0 Å². The molecule has 0 saturated heterocycles. The molecule has 4 rings (SSSR count). The third-order valence-electron chi connectivity index (χ3n) is 6.28. The van der Waals surface area contributed by atoms with Gasteiger partial charge in [-0.15, -0.1) is 10.2 Å². The molecule has 10 nitrogen and oxygen atoms in total. The molecule has 0 heterocycles. The smallest absolute Gasteiger partial charge is 0.287 e. The summed E-state index contributed by atoms with van der Waals surface area (Å²) in [5.74, 6) is -1.79. The number of carbonyl (C=O) groups is 3. The molecular formula is C29H29N5O5. The van der Waals surface area contributed by atoms with E-state index >= 15 is 0 Å². The van der Waals surface area contributed by atoms with Crippen molar-refractivity contribution in [3.63, 3.8) is 0 Å². The standard InChI is InChI=1S/C29H29N5O5/c1-16(30)27(37)31-17(2)28(38)32-24(14-18-8-4-3-5-9-18)29(39)34-33-19-12-13-22-23(15-19)26(36)21-11-7-6-10-20(21)25(22)35/h3-13,15-17,24,35-36H,14,30H2,1-2H3,(H,31,37)(H,32,38)/t16-,17?,24-/m0/s1. The van der Waals surface area contributed by atoms with Gasteiger partial charge in [-0.2, -0.15) is 0 Å². The van der Waals surface area contributed by atoms with Gasteiger partial charge in [-0.3, -0.25) is 14.4 Å². The predicted octanol–water partition coefficient (Wildman–Crippen LogP) is 3.59. The molecule has 4 aromatic carbocycles. The first-order valence-electron chi connectivity index (χ1n) is 12.4. The third kappa shape index (κ3) is 6.19. The quantitative estimate of drug-likeness (QED) is 0.133. The number of nitrogens with zero attached hydrogens (tertiary/aromatic N) is 2. The van der Waals surface area contributed by atoms with Crippen LogP contribution in [0.3, 0.4) is 0 Å². The second-order valence-electron chi connectivity index (χ2n) is 9.28. The van der Waals surface area contributed by atoms with E-state index in [1.165, 1.54) is 19.9 Å². The molecule has 200 valence electrons. The number of amides is 3. The molecule has 0 saturated carbocycles. The van der Waals surface area contributed by atoms with E-state index in [-0.39, 0.29) is 23.6 Å². The number of phenols is 2. The average molecular weight is 528 g/mol. The normalized spacial score (nSPS) is 13.7. The Morgan fingerprint density at radius 3 is 2.03 bits per heavy atom. The molecule has 0 aromatic heterocycles. The summed E-state index contributed by atoms with van der Waals surface area (Å²) in [6.07, 6.45) is 0.150. The first-order chi connectivity index (χ1) is 18.7. The fourth-order valence-corrected chi connectivity index (χ4v) is 4.12. The minimum absolute atomic E-state index is 0.0221. The summed E-state index contributed by atoms with van der Waals surface area (Å²) in [6.45, 7) is 2.99. The molecule has 39 heavy (non-hydrogen) atoms. The number of rotatable bonds is 8. The highest BCUT2D eigenvalue weighted by Gasteiger charge is 2.25. The molecule has 6 N–H and O–H groups in total. The van der Waals surface area contributed by atoms with Crippen LogP contribution in [-0.2, 0) is 20.8 Å². The summed E-state index contributed by atoms with van der Waals surface area (Å²) >= 11 is 0. The number of azo groups is 1. The van der Waals surface area contributed by atoms with Gasteiger partial charge in [-0.25, -0.2) is 0 Å². The zero-order valence-electron chi connectivity index (χ0n) is 21.5. The summed E-state index contributed by atoms with van der Waals surface area (Å²) in [6, 6.07) is 17.9. The Hall–Kier alpha value is -4.83. The second kappa shape index (κ2) is 11.7. The Bertz CT molecular complexity index is 1570. The minimum Gasteiger partial charge on any atom is -0.507 e. The van der Waals surface area contributed by atoms with Crippen molar-refractivity contribution in [3.05, 3.63) is 78.4 Å². The van der Waals surface area contributed by atoms with Gasteiger partial charge in [0, 0.05) is 28.0 Å². The van der Waals surface area contributed by atoms with Gasteiger partial charge in [0.15, 0.2) is 0 Å². The van der Waals surface area contributed by atoms with E-state index in [0.717, 1.165) is 5.56 Å². The molecular weight excluding hydrogens is 498 g/mol. The lowest BCUT2D eigenvalue weighted by Crippen LogP contribution is -2.53. The van der Waals surface area contributed by atoms with Crippen LogP contribution in [-0.4, -0.2) is 46.1 Å². The van der Waals surface area contributed by atoms with Gasteiger partial charge < -0.3 is 26.6 Å². The topological polar surface area (TPSA) is 166 Å². The number of hydrogen-bond donors (Lipinski definition) is 5. The van der Waals surface area contributed by atoms with Crippen molar-refractivity contribution in [1.29, 1.82) is 0 Å². The molecule has 0 bridgehead atoms. The van der Waals surface area contributed by atoms with E-state index in [9.17, 15) is 24.6 Å². The number of fused-ring (bicyclic) bond motifs is 2. The van der Waals surface area contributed by atoms with Gasteiger partial charge in [0.05, 0.1) is 11.7 Å². The second-order valence-corrected chi connectivity index (χ2v) is 9.28. The molecule has 0 spiro atoms. The van der Waals surface area contributed by atoms with E-state index in [2.05, 4.69) is 20.9 Å². The Balaban J connectivity index is 1.59. The fraction of sp³-hybridized carbons (Fsp3) is 0.207. The molecule has 3 amide bonds. The van der Waals surface area contributed by atoms with Crippen LogP contribution in [0.4, 0.5) is 5.69 Å². The van der Waals surface area contributed by atoms with Crippen LogP contribution in [0.2, 0.25) is 0 Å². The highest BCUT2D eigenvalue weighted by Crippen LogP contribution is 2.42. The lowest BCUT2D eigenvalue weighted by atomic mass is 10.0. The van der Waals surface area contributed by atoms with E-state index < -0.39 is 35.8 Å². The van der Waals surface area contributed by atoms with Gasteiger partial charge in [0.25, 0.3) is 5.91 Å². The van der Waals surface area contributed by atoms with Crippen molar-refractivity contribution in [2.24, 2.45) is 16.0 Å². The number of nitrogens with one attached hydrogen (secondary N) is 2. The van der Waals surface area contributed by atoms with E-state index in [4.69, 9.17) is 5.73 Å². The summed E-state index contributed by atoms with van der Waals surface area (Å²) in [5, 5.41) is 36.3. The number of phenolic OH excluding ortho intramolecular Hbond substituents is 2. The monoisotopic (exact) mass is 527 g/mol. The SMILES string of the molecule is CC(NC(=O)[C@H](C)N)C(=O)N[C@@H](Cc1ccccc1)C(=O)N=Nc1ccc2c(O)c3ccccc3c(O)c2c1. The van der Waals surface area contributed by atoms with Crippen molar-refractivity contribution in [1.82, 2.24) is 10.6 Å². The zero-order valence-corrected chi connectivity index (χ0v) is 21.5. The van der Waals surface area contributed by atoms with Crippen LogP contribution in [0, 0.1) is 0 Å². The number of nitrogens with two attached hydrogens (primary N) is 1. The van der Waals surface area contributed by atoms with E-state index in [0.29, 0.717) is 21.5 Å². The van der Waals surface area contributed by atoms with Crippen molar-refractivity contribution in [3.8, 4) is 11.5 Å². The molecule has 0 radical (unpaired) electrons. The summed E-state index contributed by atoms with van der Waals surface area (Å²) in [4.78, 5) is 37.7. The Kier molecular flexibility index (Phi) is 8.16. The maximum atomic E-state index is 13.1. The van der Waals surface area contributed by atoms with Crippen LogP contribution >= 0.6 is 0 Å². The van der Waals surface area contributed by atoms with E-state index in [1.54, 1.807) is 36.4 Å². The average Bonchev–Trinajstić information content (AvgIpc) is 2.94. The molecule has 3 atom stereocenters. The fourth-order valence-electron chi connectivity index (χ4n) is 4.12. The Morgan fingerprint density at radius 1 is 0.795 bits per heavy atom. The molecule has 0 aliphatic heterocycles. The summed E-state index contributed by atoms with van der Waals surface area (Å²) < 4.78 is 0. The largest absolute Gasteiger partial charge is 0.507 e. The molecule has 0 aliphatic rings. The summed E-state index contributed by atoms with van der Waals surface area (Å²) in [5.41, 5.74) is 6.61. The van der Waals surface area contributed by atoms with Crippen molar-refractivity contribution in [2.75, 3.05) is 0 Å². The van der Waals surface area contributed by atoms with E-state index in [1.807, 2.05) is 30.3 Å². The molecule has 10 heteroatoms. The number of hydrogen-bond acceptors (Lipinski definition) is 7.